The van der Waals surface area contributed by atoms with Crippen LogP contribution in [0.25, 0.3) is 0 Å². The van der Waals surface area contributed by atoms with Gasteiger partial charge in [0.1, 0.15) is 5.41 Å². The minimum atomic E-state index is -0.844. The maximum atomic E-state index is 12.2. The van der Waals surface area contributed by atoms with Crippen LogP contribution >= 0.6 is 0 Å². The summed E-state index contributed by atoms with van der Waals surface area (Å²) in [6.45, 7) is 7.08. The van der Waals surface area contributed by atoms with Crippen molar-refractivity contribution in [3.8, 4) is 6.07 Å². The molecule has 0 N–H and O–H groups in total. The number of nitrogens with zero attached hydrogens (tertiary/aromatic N) is 3. The predicted octanol–water partition coefficient (Wildman–Crippen LogP) is 1.09. The summed E-state index contributed by atoms with van der Waals surface area (Å²) in [6, 6.07) is 2.15. The van der Waals surface area contributed by atoms with Crippen LogP contribution in [0.15, 0.2) is 0 Å². The van der Waals surface area contributed by atoms with E-state index < -0.39 is 5.41 Å². The Morgan fingerprint density at radius 3 is 2.62 bits per heavy atom. The molecule has 0 saturated carbocycles. The van der Waals surface area contributed by atoms with Crippen molar-refractivity contribution in [1.82, 2.24) is 9.80 Å². The van der Waals surface area contributed by atoms with E-state index in [0.29, 0.717) is 6.42 Å². The molecule has 1 fully saturated rings. The number of nitriles is 1. The van der Waals surface area contributed by atoms with Gasteiger partial charge in [-0.1, -0.05) is 6.92 Å². The first-order chi connectivity index (χ1) is 7.53. The maximum absolute atomic E-state index is 12.2. The number of carbonyl (C=O) groups is 1. The average Bonchev–Trinajstić information content (AvgIpc) is 2.52. The molecule has 0 aromatic carbocycles. The largest absolute Gasteiger partial charge is 0.340 e. The van der Waals surface area contributed by atoms with Gasteiger partial charge >= 0.3 is 0 Å². The van der Waals surface area contributed by atoms with Gasteiger partial charge in [0.25, 0.3) is 0 Å². The lowest BCUT2D eigenvalue weighted by molar-refractivity contribution is -0.138. The SMILES string of the molecule is CCC(C)(C#N)C(=O)N1CCCN(C)CC1. The first-order valence-electron chi connectivity index (χ1n) is 5.92. The minimum absolute atomic E-state index is 0.00667. The van der Waals surface area contributed by atoms with E-state index in [-0.39, 0.29) is 5.91 Å². The molecule has 0 bridgehead atoms. The first kappa shape index (κ1) is 13.0. The summed E-state index contributed by atoms with van der Waals surface area (Å²) in [5.41, 5.74) is -0.844. The summed E-state index contributed by atoms with van der Waals surface area (Å²) in [5, 5.41) is 9.10. The Labute approximate surface area is 97.8 Å². The molecular formula is C12H21N3O. The van der Waals surface area contributed by atoms with Crippen molar-refractivity contribution < 1.29 is 4.79 Å². The van der Waals surface area contributed by atoms with E-state index in [4.69, 9.17) is 5.26 Å². The van der Waals surface area contributed by atoms with E-state index in [1.165, 1.54) is 0 Å². The molecule has 4 heteroatoms. The van der Waals surface area contributed by atoms with Gasteiger partial charge in [0.15, 0.2) is 0 Å². The van der Waals surface area contributed by atoms with Crippen molar-refractivity contribution in [2.24, 2.45) is 5.41 Å². The topological polar surface area (TPSA) is 47.3 Å². The van der Waals surface area contributed by atoms with Crippen molar-refractivity contribution >= 4 is 5.91 Å². The van der Waals surface area contributed by atoms with Crippen molar-refractivity contribution in [1.29, 1.82) is 5.26 Å². The molecule has 1 atom stereocenters. The van der Waals surface area contributed by atoms with Crippen LogP contribution in [0, 0.1) is 16.7 Å². The highest BCUT2D eigenvalue weighted by Gasteiger charge is 2.35. The number of likely N-dealkylation sites (N-methyl/N-ethyl adjacent to an activating group) is 1. The zero-order valence-electron chi connectivity index (χ0n) is 10.5. The van der Waals surface area contributed by atoms with E-state index in [0.717, 1.165) is 32.6 Å². The molecular weight excluding hydrogens is 202 g/mol. The second kappa shape index (κ2) is 5.31. The lowest BCUT2D eigenvalue weighted by atomic mass is 9.87. The molecule has 1 aliphatic rings. The van der Waals surface area contributed by atoms with Gasteiger partial charge < -0.3 is 9.80 Å². The number of hydrogen-bond acceptors (Lipinski definition) is 3. The fourth-order valence-electron chi connectivity index (χ4n) is 1.88. The standard InChI is InChI=1S/C12H21N3O/c1-4-12(2,10-13)11(16)15-7-5-6-14(3)8-9-15/h4-9H2,1-3H3. The monoisotopic (exact) mass is 223 g/mol. The maximum Gasteiger partial charge on any atom is 0.242 e. The fourth-order valence-corrected chi connectivity index (χ4v) is 1.88. The van der Waals surface area contributed by atoms with E-state index in [9.17, 15) is 4.79 Å². The second-order valence-corrected chi connectivity index (χ2v) is 4.75. The Morgan fingerprint density at radius 2 is 2.06 bits per heavy atom. The van der Waals surface area contributed by atoms with Crippen LogP contribution in [-0.2, 0) is 4.79 Å². The van der Waals surface area contributed by atoms with Crippen LogP contribution in [0.5, 0.6) is 0 Å². The van der Waals surface area contributed by atoms with Gasteiger partial charge in [0.05, 0.1) is 6.07 Å². The molecule has 1 saturated heterocycles. The van der Waals surface area contributed by atoms with E-state index in [2.05, 4.69) is 18.0 Å². The molecule has 0 radical (unpaired) electrons. The third-order valence-electron chi connectivity index (χ3n) is 3.43. The third kappa shape index (κ3) is 2.73. The highest BCUT2D eigenvalue weighted by molar-refractivity contribution is 5.85. The van der Waals surface area contributed by atoms with Gasteiger partial charge in [0.2, 0.25) is 5.91 Å². The zero-order chi connectivity index (χ0) is 12.2. The summed E-state index contributed by atoms with van der Waals surface area (Å²) in [5.74, 6) is -0.00667. The van der Waals surface area contributed by atoms with Gasteiger partial charge in [0, 0.05) is 19.6 Å². The Bertz CT molecular complexity index is 297. The highest BCUT2D eigenvalue weighted by atomic mass is 16.2. The molecule has 16 heavy (non-hydrogen) atoms. The van der Waals surface area contributed by atoms with Crippen molar-refractivity contribution in [3.05, 3.63) is 0 Å². The molecule has 1 aliphatic heterocycles. The Kier molecular flexibility index (Phi) is 4.31. The van der Waals surface area contributed by atoms with Gasteiger partial charge in [-0.15, -0.1) is 0 Å². The van der Waals surface area contributed by atoms with Crippen molar-refractivity contribution in [2.45, 2.75) is 26.7 Å². The van der Waals surface area contributed by atoms with Crippen LogP contribution < -0.4 is 0 Å². The van der Waals surface area contributed by atoms with E-state index in [1.54, 1.807) is 6.92 Å². The third-order valence-corrected chi connectivity index (χ3v) is 3.43. The smallest absolute Gasteiger partial charge is 0.242 e. The molecule has 1 rings (SSSR count). The Balaban J connectivity index is 2.70. The molecule has 1 heterocycles. The summed E-state index contributed by atoms with van der Waals surface area (Å²) >= 11 is 0. The Hall–Kier alpha value is -1.08. The molecule has 1 unspecified atom stereocenters. The number of rotatable bonds is 2. The number of hydrogen-bond donors (Lipinski definition) is 0. The molecule has 0 aromatic rings. The normalized spacial score (nSPS) is 22.0. The van der Waals surface area contributed by atoms with Gasteiger partial charge in [-0.2, -0.15) is 5.26 Å². The first-order valence-corrected chi connectivity index (χ1v) is 5.92. The molecule has 0 aliphatic carbocycles. The second-order valence-electron chi connectivity index (χ2n) is 4.75. The van der Waals surface area contributed by atoms with Crippen molar-refractivity contribution in [3.63, 3.8) is 0 Å². The van der Waals surface area contributed by atoms with Crippen LogP contribution in [-0.4, -0.2) is 48.9 Å². The quantitative estimate of drug-likeness (QED) is 0.704. The van der Waals surface area contributed by atoms with Crippen molar-refractivity contribution in [2.75, 3.05) is 33.2 Å². The highest BCUT2D eigenvalue weighted by Crippen LogP contribution is 2.23. The summed E-state index contributed by atoms with van der Waals surface area (Å²) < 4.78 is 0. The summed E-state index contributed by atoms with van der Waals surface area (Å²) in [6.07, 6.45) is 1.57. The van der Waals surface area contributed by atoms with Gasteiger partial charge in [-0.05, 0) is 33.4 Å². The lowest BCUT2D eigenvalue weighted by Crippen LogP contribution is -2.43. The Morgan fingerprint density at radius 1 is 1.38 bits per heavy atom. The molecule has 1 amide bonds. The summed E-state index contributed by atoms with van der Waals surface area (Å²) in [7, 11) is 2.07. The lowest BCUT2D eigenvalue weighted by Gasteiger charge is -2.28. The summed E-state index contributed by atoms with van der Waals surface area (Å²) in [4.78, 5) is 16.3. The van der Waals surface area contributed by atoms with Crippen LogP contribution in [0.4, 0.5) is 0 Å². The fraction of sp³-hybridized carbons (Fsp3) is 0.833. The van der Waals surface area contributed by atoms with Crippen LogP contribution in [0.3, 0.4) is 0 Å². The van der Waals surface area contributed by atoms with Crippen LogP contribution in [0.2, 0.25) is 0 Å². The molecule has 4 nitrogen and oxygen atoms in total. The van der Waals surface area contributed by atoms with E-state index in [1.807, 2.05) is 11.8 Å². The van der Waals surface area contributed by atoms with E-state index >= 15 is 0 Å². The van der Waals surface area contributed by atoms with Crippen LogP contribution in [0.1, 0.15) is 26.7 Å². The number of carbonyl (C=O) groups excluding carboxylic acids is 1. The molecule has 0 aromatic heterocycles. The molecule has 90 valence electrons. The zero-order valence-corrected chi connectivity index (χ0v) is 10.5. The van der Waals surface area contributed by atoms with Gasteiger partial charge in [-0.25, -0.2) is 0 Å². The number of amides is 1. The minimum Gasteiger partial charge on any atom is -0.340 e. The van der Waals surface area contributed by atoms with Gasteiger partial charge in [-0.3, -0.25) is 4.79 Å². The molecule has 0 spiro atoms. The predicted molar refractivity (Wildman–Crippen MR) is 62.7 cm³/mol. The average molecular weight is 223 g/mol.